The predicted molar refractivity (Wildman–Crippen MR) is 77.2 cm³/mol. The summed E-state index contributed by atoms with van der Waals surface area (Å²) < 4.78 is 0.752. The van der Waals surface area contributed by atoms with Gasteiger partial charge in [-0.25, -0.2) is 4.79 Å². The van der Waals surface area contributed by atoms with Crippen LogP contribution in [-0.4, -0.2) is 28.9 Å². The SMILES string of the molecule is CCCN(C=O)C(C)(C(=O)O)c1ccc(Br)cc1Cl. The third kappa shape index (κ3) is 3.09. The molecule has 0 aliphatic heterocycles. The second-order valence-corrected chi connectivity index (χ2v) is 5.62. The Morgan fingerprint density at radius 2 is 2.21 bits per heavy atom. The fourth-order valence-corrected chi connectivity index (χ4v) is 2.76. The first kappa shape index (κ1) is 16.0. The normalized spacial score (nSPS) is 13.7. The molecule has 0 saturated carbocycles. The molecule has 0 saturated heterocycles. The molecule has 1 aromatic carbocycles. The van der Waals surface area contributed by atoms with Crippen LogP contribution in [0.2, 0.25) is 5.02 Å². The van der Waals surface area contributed by atoms with Crippen molar-refractivity contribution in [1.29, 1.82) is 0 Å². The number of carbonyl (C=O) groups excluding carboxylic acids is 1. The summed E-state index contributed by atoms with van der Waals surface area (Å²) >= 11 is 9.39. The highest BCUT2D eigenvalue weighted by Gasteiger charge is 2.42. The van der Waals surface area contributed by atoms with E-state index in [2.05, 4.69) is 15.9 Å². The quantitative estimate of drug-likeness (QED) is 0.803. The van der Waals surface area contributed by atoms with Gasteiger partial charge in [0.15, 0.2) is 5.54 Å². The zero-order chi connectivity index (χ0) is 14.6. The second-order valence-electron chi connectivity index (χ2n) is 4.30. The highest BCUT2D eigenvalue weighted by Crippen LogP contribution is 2.34. The smallest absolute Gasteiger partial charge is 0.334 e. The maximum Gasteiger partial charge on any atom is 0.334 e. The largest absolute Gasteiger partial charge is 0.479 e. The lowest BCUT2D eigenvalue weighted by molar-refractivity contribution is -0.154. The van der Waals surface area contributed by atoms with Crippen molar-refractivity contribution < 1.29 is 14.7 Å². The van der Waals surface area contributed by atoms with E-state index in [9.17, 15) is 14.7 Å². The maximum absolute atomic E-state index is 11.7. The third-order valence-corrected chi connectivity index (χ3v) is 3.84. The van der Waals surface area contributed by atoms with Gasteiger partial charge in [-0.05, 0) is 25.5 Å². The van der Waals surface area contributed by atoms with Gasteiger partial charge in [0, 0.05) is 21.6 Å². The Labute approximate surface area is 125 Å². The fourth-order valence-electron chi connectivity index (χ4n) is 1.90. The number of amides is 1. The molecule has 1 amide bonds. The second kappa shape index (κ2) is 6.39. The van der Waals surface area contributed by atoms with Crippen LogP contribution in [0, 0.1) is 0 Å². The van der Waals surface area contributed by atoms with E-state index >= 15 is 0 Å². The fraction of sp³-hybridized carbons (Fsp3) is 0.385. The molecule has 1 rings (SSSR count). The highest BCUT2D eigenvalue weighted by molar-refractivity contribution is 9.10. The monoisotopic (exact) mass is 347 g/mol. The van der Waals surface area contributed by atoms with Gasteiger partial charge in [0.05, 0.1) is 0 Å². The maximum atomic E-state index is 11.7. The van der Waals surface area contributed by atoms with Crippen LogP contribution >= 0.6 is 27.5 Å². The number of rotatable bonds is 6. The number of hydrogen-bond donors (Lipinski definition) is 1. The van der Waals surface area contributed by atoms with Gasteiger partial charge in [-0.2, -0.15) is 0 Å². The average Bonchev–Trinajstić information content (AvgIpc) is 2.34. The van der Waals surface area contributed by atoms with E-state index in [1.54, 1.807) is 18.2 Å². The van der Waals surface area contributed by atoms with Crippen LogP contribution in [0.1, 0.15) is 25.8 Å². The molecular weight excluding hydrogens is 334 g/mol. The lowest BCUT2D eigenvalue weighted by atomic mass is 9.90. The Bertz CT molecular complexity index is 495. The Balaban J connectivity index is 3.40. The molecule has 19 heavy (non-hydrogen) atoms. The number of aliphatic carboxylic acids is 1. The summed E-state index contributed by atoms with van der Waals surface area (Å²) in [5, 5.41) is 9.84. The van der Waals surface area contributed by atoms with Crippen molar-refractivity contribution in [2.45, 2.75) is 25.8 Å². The summed E-state index contributed by atoms with van der Waals surface area (Å²) in [5.74, 6) is -1.11. The van der Waals surface area contributed by atoms with Crippen LogP contribution in [0.3, 0.4) is 0 Å². The molecule has 0 spiro atoms. The van der Waals surface area contributed by atoms with Crippen LogP contribution in [0.5, 0.6) is 0 Å². The van der Waals surface area contributed by atoms with E-state index in [1.807, 2.05) is 6.92 Å². The number of carbonyl (C=O) groups is 2. The molecule has 104 valence electrons. The van der Waals surface area contributed by atoms with Crippen molar-refractivity contribution in [2.24, 2.45) is 0 Å². The molecule has 0 heterocycles. The van der Waals surface area contributed by atoms with Crippen LogP contribution < -0.4 is 0 Å². The number of carboxylic acids is 1. The lowest BCUT2D eigenvalue weighted by Gasteiger charge is -2.36. The molecule has 0 aliphatic carbocycles. The minimum Gasteiger partial charge on any atom is -0.479 e. The van der Waals surface area contributed by atoms with E-state index in [0.717, 1.165) is 4.47 Å². The Hall–Kier alpha value is -1.07. The first-order valence-corrected chi connectivity index (χ1v) is 6.96. The summed E-state index contributed by atoms with van der Waals surface area (Å²) in [6.45, 7) is 3.70. The van der Waals surface area contributed by atoms with Gasteiger partial charge in [-0.1, -0.05) is 40.5 Å². The molecule has 0 bridgehead atoms. The molecule has 1 atom stereocenters. The predicted octanol–water partition coefficient (Wildman–Crippen LogP) is 3.27. The summed E-state index contributed by atoms with van der Waals surface area (Å²) in [6.07, 6.45) is 1.21. The molecule has 0 aromatic heterocycles. The Morgan fingerprint density at radius 1 is 1.58 bits per heavy atom. The summed E-state index contributed by atoms with van der Waals surface area (Å²) in [7, 11) is 0. The van der Waals surface area contributed by atoms with E-state index < -0.39 is 11.5 Å². The van der Waals surface area contributed by atoms with E-state index in [4.69, 9.17) is 11.6 Å². The van der Waals surface area contributed by atoms with E-state index in [-0.39, 0.29) is 0 Å². The highest BCUT2D eigenvalue weighted by atomic mass is 79.9. The van der Waals surface area contributed by atoms with Crippen molar-refractivity contribution in [3.8, 4) is 0 Å². The molecule has 1 aromatic rings. The third-order valence-electron chi connectivity index (χ3n) is 3.04. The number of hydrogen-bond acceptors (Lipinski definition) is 2. The zero-order valence-electron chi connectivity index (χ0n) is 10.7. The van der Waals surface area contributed by atoms with Gasteiger partial charge in [-0.15, -0.1) is 0 Å². The molecule has 0 radical (unpaired) electrons. The molecule has 1 N–H and O–H groups in total. The van der Waals surface area contributed by atoms with Crippen molar-refractivity contribution in [3.05, 3.63) is 33.3 Å². The van der Waals surface area contributed by atoms with Crippen LogP contribution in [-0.2, 0) is 15.1 Å². The average molecular weight is 349 g/mol. The zero-order valence-corrected chi connectivity index (χ0v) is 13.0. The standard InChI is InChI=1S/C13H15BrClNO3/c1-3-6-16(8-17)13(2,12(18)19)10-5-4-9(14)7-11(10)15/h4-5,7-8H,3,6H2,1-2H3,(H,18,19). The van der Waals surface area contributed by atoms with E-state index in [1.165, 1.54) is 11.8 Å². The number of halogens is 2. The molecule has 0 aliphatic rings. The van der Waals surface area contributed by atoms with Crippen molar-refractivity contribution in [2.75, 3.05) is 6.54 Å². The number of nitrogens with zero attached hydrogens (tertiary/aromatic N) is 1. The molecule has 6 heteroatoms. The number of benzene rings is 1. The minimum absolute atomic E-state index is 0.308. The summed E-state index contributed by atoms with van der Waals surface area (Å²) in [4.78, 5) is 24.1. The summed E-state index contributed by atoms with van der Waals surface area (Å²) in [6, 6.07) is 4.94. The lowest BCUT2D eigenvalue weighted by Crippen LogP contribution is -2.49. The molecule has 4 nitrogen and oxygen atoms in total. The minimum atomic E-state index is -1.48. The van der Waals surface area contributed by atoms with Gasteiger partial charge in [-0.3, -0.25) is 4.79 Å². The van der Waals surface area contributed by atoms with E-state index in [0.29, 0.717) is 30.0 Å². The van der Waals surface area contributed by atoms with Crippen LogP contribution in [0.4, 0.5) is 0 Å². The molecular formula is C13H15BrClNO3. The van der Waals surface area contributed by atoms with Gasteiger partial charge in [0.2, 0.25) is 6.41 Å². The van der Waals surface area contributed by atoms with Crippen molar-refractivity contribution in [3.63, 3.8) is 0 Å². The summed E-state index contributed by atoms with van der Waals surface area (Å²) in [5.41, 5.74) is -1.08. The Kier molecular flexibility index (Phi) is 5.38. The van der Waals surface area contributed by atoms with Crippen molar-refractivity contribution in [1.82, 2.24) is 4.90 Å². The van der Waals surface area contributed by atoms with Gasteiger partial charge in [0.1, 0.15) is 0 Å². The molecule has 1 unspecified atom stereocenters. The van der Waals surface area contributed by atoms with Gasteiger partial charge < -0.3 is 10.0 Å². The number of carboxylic acid groups (broad SMARTS) is 1. The molecule has 0 fully saturated rings. The van der Waals surface area contributed by atoms with Crippen molar-refractivity contribution >= 4 is 39.9 Å². The van der Waals surface area contributed by atoms with Gasteiger partial charge >= 0.3 is 5.97 Å². The Morgan fingerprint density at radius 3 is 2.63 bits per heavy atom. The van der Waals surface area contributed by atoms with Crippen LogP contribution in [0.25, 0.3) is 0 Å². The van der Waals surface area contributed by atoms with Gasteiger partial charge in [0.25, 0.3) is 0 Å². The van der Waals surface area contributed by atoms with Crippen LogP contribution in [0.15, 0.2) is 22.7 Å². The first-order valence-electron chi connectivity index (χ1n) is 5.78. The first-order chi connectivity index (χ1) is 8.87. The topological polar surface area (TPSA) is 57.6 Å².